The number of hydrogen-bond acceptors (Lipinski definition) is 4. The third-order valence-electron chi connectivity index (χ3n) is 2.71. The van der Waals surface area contributed by atoms with Crippen LogP contribution in [0.2, 0.25) is 0 Å². The lowest BCUT2D eigenvalue weighted by molar-refractivity contribution is -0.126. The largest absolute Gasteiger partial charge is 0.381 e. The van der Waals surface area contributed by atoms with Gasteiger partial charge in [0.15, 0.2) is 0 Å². The molecule has 0 rings (SSSR count). The highest BCUT2D eigenvalue weighted by Gasteiger charge is 2.33. The summed E-state index contributed by atoms with van der Waals surface area (Å²) in [5, 5.41) is 0. The van der Waals surface area contributed by atoms with Gasteiger partial charge in [-0.3, -0.25) is 0 Å². The van der Waals surface area contributed by atoms with Crippen LogP contribution in [0.1, 0.15) is 57.4 Å². The van der Waals surface area contributed by atoms with Crippen molar-refractivity contribution in [3.8, 4) is 0 Å². The molecule has 0 N–H and O–H groups in total. The van der Waals surface area contributed by atoms with E-state index in [0.29, 0.717) is 86.0 Å². The number of carbonyl (C=O) groups excluding carboxylic acids is 1. The number of Topliss-reactive ketones (excluding diaryl/α,β-unsaturated/α-hetero) is 1. The smallest absolute Gasteiger partial charge is 0.130 e. The summed E-state index contributed by atoms with van der Waals surface area (Å²) in [6, 6.07) is 0. The van der Waals surface area contributed by atoms with E-state index < -0.39 is 5.41 Å². The van der Waals surface area contributed by atoms with Crippen LogP contribution >= 0.6 is 0 Å². The normalized spacial score (nSPS) is 13.8. The number of ether oxygens (including phenoxy) is 3. The molecule has 0 radical (unpaired) electrons. The molecule has 0 amide bonds. The van der Waals surface area contributed by atoms with Crippen molar-refractivity contribution in [3.63, 3.8) is 0 Å². The lowest BCUT2D eigenvalue weighted by Gasteiger charge is -2.32. The molecule has 0 saturated heterocycles. The minimum atomic E-state index is -0.530. The summed E-state index contributed by atoms with van der Waals surface area (Å²) >= 11 is 0. The van der Waals surface area contributed by atoms with Gasteiger partial charge in [0.25, 0.3) is 0 Å². The second kappa shape index (κ2) is 12.3. The fourth-order valence-electron chi connectivity index (χ4n) is 1.98. The Kier molecular flexibility index (Phi) is 8.91. The maximum absolute atomic E-state index is 11.7. The Labute approximate surface area is 128 Å². The van der Waals surface area contributed by atoms with E-state index in [9.17, 15) is 4.79 Å². The van der Waals surface area contributed by atoms with Gasteiger partial charge in [-0.25, -0.2) is 0 Å². The zero-order valence-corrected chi connectivity index (χ0v) is 12.8. The summed E-state index contributed by atoms with van der Waals surface area (Å²) in [6.07, 6.45) is 2.30. The van der Waals surface area contributed by atoms with Crippen molar-refractivity contribution >= 4 is 5.78 Å². The van der Waals surface area contributed by atoms with Crippen LogP contribution in [0.25, 0.3) is 0 Å². The van der Waals surface area contributed by atoms with Gasteiger partial charge in [-0.05, 0) is 26.2 Å². The lowest BCUT2D eigenvalue weighted by Crippen LogP contribution is -2.39. The summed E-state index contributed by atoms with van der Waals surface area (Å²) < 4.78 is 38.4. The minimum Gasteiger partial charge on any atom is -0.381 e. The van der Waals surface area contributed by atoms with E-state index >= 15 is 0 Å². The maximum atomic E-state index is 11.7. The Morgan fingerprint density at radius 3 is 1.60 bits per heavy atom. The fraction of sp³-hybridized carbons (Fsp3) is 0.938. The zero-order chi connectivity index (χ0) is 17.4. The molecule has 0 heterocycles. The van der Waals surface area contributed by atoms with Gasteiger partial charge < -0.3 is 19.0 Å². The number of carbonyl (C=O) groups is 1. The van der Waals surface area contributed by atoms with Crippen LogP contribution in [0.15, 0.2) is 0 Å². The highest BCUT2D eigenvalue weighted by atomic mass is 16.5. The molecule has 0 aromatic carbocycles. The number of hydrogen-bond donors (Lipinski definition) is 0. The van der Waals surface area contributed by atoms with Crippen molar-refractivity contribution in [2.75, 3.05) is 39.6 Å². The van der Waals surface area contributed by atoms with E-state index in [1.54, 1.807) is 6.92 Å². The van der Waals surface area contributed by atoms with Gasteiger partial charge in [0.1, 0.15) is 5.78 Å². The molecule has 0 aromatic rings. The second-order valence-electron chi connectivity index (χ2n) is 5.10. The van der Waals surface area contributed by atoms with E-state index in [4.69, 9.17) is 18.3 Å². The van der Waals surface area contributed by atoms with Crippen molar-refractivity contribution < 1.29 is 23.1 Å². The van der Waals surface area contributed by atoms with Crippen LogP contribution in [0.4, 0.5) is 0 Å². The topological polar surface area (TPSA) is 44.8 Å². The van der Waals surface area contributed by atoms with Crippen molar-refractivity contribution in [2.24, 2.45) is 5.41 Å². The maximum Gasteiger partial charge on any atom is 0.130 e. The van der Waals surface area contributed by atoms with E-state index in [2.05, 4.69) is 0 Å². The number of rotatable bonds is 14. The third kappa shape index (κ3) is 9.45. The molecule has 4 heteroatoms. The molecule has 0 saturated carbocycles. The Morgan fingerprint density at radius 2 is 1.30 bits per heavy atom. The fourth-order valence-corrected chi connectivity index (χ4v) is 1.98. The molecule has 120 valence electrons. The first-order valence-corrected chi connectivity index (χ1v) is 7.20. The first kappa shape index (κ1) is 14.5. The summed E-state index contributed by atoms with van der Waals surface area (Å²) in [7, 11) is 0. The Balaban J connectivity index is 4.61. The molecule has 0 aliphatic rings. The Morgan fingerprint density at radius 1 is 0.900 bits per heavy atom. The van der Waals surface area contributed by atoms with E-state index in [0.717, 1.165) is 0 Å². The molecule has 20 heavy (non-hydrogen) atoms. The molecule has 0 fully saturated rings. The van der Waals surface area contributed by atoms with Gasteiger partial charge >= 0.3 is 0 Å². The first-order valence-electron chi connectivity index (χ1n) is 9.33. The van der Waals surface area contributed by atoms with Crippen LogP contribution in [0.5, 0.6) is 0 Å². The van der Waals surface area contributed by atoms with Gasteiger partial charge in [0.05, 0.1) is 19.8 Å². The van der Waals surface area contributed by atoms with Crippen LogP contribution < -0.4 is 0 Å². The van der Waals surface area contributed by atoms with Crippen LogP contribution in [0.3, 0.4) is 0 Å². The molecule has 0 aliphatic heterocycles. The highest BCUT2D eigenvalue weighted by molar-refractivity contribution is 5.76. The molecule has 0 atom stereocenters. The second-order valence-corrected chi connectivity index (χ2v) is 5.10. The third-order valence-corrected chi connectivity index (χ3v) is 2.71. The zero-order valence-electron chi connectivity index (χ0n) is 15.8. The van der Waals surface area contributed by atoms with Crippen molar-refractivity contribution in [1.82, 2.24) is 0 Å². The van der Waals surface area contributed by atoms with Crippen molar-refractivity contribution in [1.29, 1.82) is 0 Å². The Bertz CT molecular complexity index is 259. The molecular formula is C16H32O4. The van der Waals surface area contributed by atoms with E-state index in [-0.39, 0.29) is 5.78 Å². The van der Waals surface area contributed by atoms with Crippen LogP contribution in [-0.2, 0) is 19.0 Å². The van der Waals surface area contributed by atoms with Gasteiger partial charge in [-0.1, -0.05) is 20.7 Å². The summed E-state index contributed by atoms with van der Waals surface area (Å²) in [4.78, 5) is 11.7. The first-order chi connectivity index (χ1) is 11.1. The SMILES string of the molecule is [3H]CCCOCC(COCCC[3H])(COCCC[3H])CC(C)=O. The van der Waals surface area contributed by atoms with Gasteiger partial charge in [0.2, 0.25) is 0 Å². The number of ketones is 1. The average molecular weight is 294 g/mol. The lowest BCUT2D eigenvalue weighted by atomic mass is 9.85. The molecular weight excluding hydrogens is 256 g/mol. The Hall–Kier alpha value is -0.450. The van der Waals surface area contributed by atoms with Gasteiger partial charge in [0, 0.05) is 35.8 Å². The van der Waals surface area contributed by atoms with Crippen molar-refractivity contribution in [3.05, 3.63) is 0 Å². The molecule has 0 aliphatic carbocycles. The molecule has 4 nitrogen and oxygen atoms in total. The minimum absolute atomic E-state index is 0.0577. The molecule has 0 bridgehead atoms. The molecule has 0 spiro atoms. The predicted octanol–water partition coefficient (Wildman–Crippen LogP) is 3.23. The summed E-state index contributed by atoms with van der Waals surface area (Å²) in [5.41, 5.74) is -0.530. The quantitative estimate of drug-likeness (QED) is 0.461. The van der Waals surface area contributed by atoms with E-state index in [1.807, 2.05) is 0 Å². The summed E-state index contributed by atoms with van der Waals surface area (Å²) in [6.45, 7) is 5.04. The van der Waals surface area contributed by atoms with Gasteiger partial charge in [-0.15, -0.1) is 0 Å². The highest BCUT2D eigenvalue weighted by Crippen LogP contribution is 2.25. The molecule has 0 aromatic heterocycles. The van der Waals surface area contributed by atoms with Crippen molar-refractivity contribution in [2.45, 2.75) is 53.3 Å². The predicted molar refractivity (Wildman–Crippen MR) is 81.1 cm³/mol. The summed E-state index contributed by atoms with van der Waals surface area (Å²) in [5.74, 6) is 0.0577. The molecule has 0 unspecified atom stereocenters. The van der Waals surface area contributed by atoms with Crippen LogP contribution in [0, 0.1) is 5.41 Å². The van der Waals surface area contributed by atoms with E-state index in [1.165, 1.54) is 0 Å². The monoisotopic (exact) mass is 294 g/mol. The standard InChI is InChI=1S/C16H32O4/c1-5-8-18-12-16(11-15(4)17,13-19-9-6-2)14-20-10-7-3/h5-14H2,1-4H3/i1T,2T,3T. The average Bonchev–Trinajstić information content (AvgIpc) is 2.52. The van der Waals surface area contributed by atoms with Crippen LogP contribution in [-0.4, -0.2) is 45.4 Å². The van der Waals surface area contributed by atoms with Gasteiger partial charge in [-0.2, -0.15) is 0 Å².